The Balaban J connectivity index is 1.95. The van der Waals surface area contributed by atoms with Crippen molar-refractivity contribution in [1.29, 1.82) is 0 Å². The molecule has 3 aliphatic rings. The van der Waals surface area contributed by atoms with Gasteiger partial charge in [0.1, 0.15) is 18.8 Å². The first-order valence-corrected chi connectivity index (χ1v) is 6.78. The maximum atomic E-state index is 10.3. The van der Waals surface area contributed by atoms with Crippen molar-refractivity contribution in [2.75, 3.05) is 20.8 Å². The van der Waals surface area contributed by atoms with Crippen LogP contribution >= 0.6 is 0 Å². The van der Waals surface area contributed by atoms with Gasteiger partial charge in [0, 0.05) is 20.1 Å². The van der Waals surface area contributed by atoms with Crippen LogP contribution in [-0.2, 0) is 23.8 Å². The third-order valence-corrected chi connectivity index (χ3v) is 4.68. The van der Waals surface area contributed by atoms with Gasteiger partial charge in [0.05, 0.1) is 11.8 Å². The summed E-state index contributed by atoms with van der Waals surface area (Å²) in [6.07, 6.45) is -1.13. The number of aliphatic hydroxyl groups excluding tert-OH is 1. The van der Waals surface area contributed by atoms with E-state index in [1.807, 2.05) is 0 Å². The summed E-state index contributed by atoms with van der Waals surface area (Å²) in [5.41, 5.74) is 0.779. The first-order valence-electron chi connectivity index (χ1n) is 6.78. The predicted molar refractivity (Wildman–Crippen MR) is 68.1 cm³/mol. The minimum Gasteiger partial charge on any atom is -0.395 e. The van der Waals surface area contributed by atoms with Gasteiger partial charge in [0.25, 0.3) is 0 Å². The molecule has 3 rings (SSSR count). The van der Waals surface area contributed by atoms with E-state index in [-0.39, 0.29) is 5.92 Å². The standard InChI is InChI=1S/C13H21NO6/c1-12(16-3)13(2,17-4)20-11-9-7(6-18-14-9)5-8(15)10(11)19-12/h7-8,10-11,15H,5-6H2,1-4H3/t7-,8-,10+,11+,12-,13-/m1/s1. The number of methoxy groups -OCH3 is 2. The van der Waals surface area contributed by atoms with Gasteiger partial charge in [-0.2, -0.15) is 0 Å². The average Bonchev–Trinajstić information content (AvgIpc) is 2.89. The second kappa shape index (κ2) is 4.64. The molecule has 0 amide bonds. The molecule has 0 aromatic rings. The summed E-state index contributed by atoms with van der Waals surface area (Å²) >= 11 is 0. The molecule has 0 spiro atoms. The first kappa shape index (κ1) is 14.2. The van der Waals surface area contributed by atoms with Crippen molar-refractivity contribution in [3.8, 4) is 0 Å². The van der Waals surface area contributed by atoms with Crippen LogP contribution in [0.25, 0.3) is 0 Å². The summed E-state index contributed by atoms with van der Waals surface area (Å²) in [5, 5.41) is 14.4. The number of hydrogen-bond acceptors (Lipinski definition) is 7. The first-order chi connectivity index (χ1) is 9.44. The lowest BCUT2D eigenvalue weighted by Crippen LogP contribution is -2.70. The summed E-state index contributed by atoms with van der Waals surface area (Å²) in [7, 11) is 3.06. The average molecular weight is 287 g/mol. The molecule has 2 aliphatic heterocycles. The maximum Gasteiger partial charge on any atom is 0.220 e. The van der Waals surface area contributed by atoms with Crippen molar-refractivity contribution < 1.29 is 28.9 Å². The zero-order chi connectivity index (χ0) is 14.5. The highest BCUT2D eigenvalue weighted by Crippen LogP contribution is 2.44. The van der Waals surface area contributed by atoms with Gasteiger partial charge in [0.15, 0.2) is 0 Å². The normalized spacial score (nSPS) is 51.0. The minimum absolute atomic E-state index is 0.0721. The van der Waals surface area contributed by atoms with E-state index in [0.29, 0.717) is 13.0 Å². The van der Waals surface area contributed by atoms with Gasteiger partial charge >= 0.3 is 0 Å². The van der Waals surface area contributed by atoms with Gasteiger partial charge in [-0.15, -0.1) is 0 Å². The van der Waals surface area contributed by atoms with Crippen LogP contribution in [0.2, 0.25) is 0 Å². The molecule has 6 atom stereocenters. The topological polar surface area (TPSA) is 78.7 Å². The smallest absolute Gasteiger partial charge is 0.220 e. The van der Waals surface area contributed by atoms with Crippen molar-refractivity contribution >= 4 is 5.71 Å². The van der Waals surface area contributed by atoms with Crippen LogP contribution < -0.4 is 0 Å². The van der Waals surface area contributed by atoms with Crippen molar-refractivity contribution in [3.63, 3.8) is 0 Å². The number of nitrogens with zero attached hydrogens (tertiary/aromatic N) is 1. The van der Waals surface area contributed by atoms with Gasteiger partial charge in [-0.25, -0.2) is 0 Å². The molecule has 0 unspecified atom stereocenters. The third kappa shape index (κ3) is 1.81. The Morgan fingerprint density at radius 3 is 2.50 bits per heavy atom. The van der Waals surface area contributed by atoms with Crippen molar-refractivity contribution in [2.24, 2.45) is 11.1 Å². The van der Waals surface area contributed by atoms with Crippen LogP contribution in [0.3, 0.4) is 0 Å². The third-order valence-electron chi connectivity index (χ3n) is 4.68. The van der Waals surface area contributed by atoms with Crippen molar-refractivity contribution in [3.05, 3.63) is 0 Å². The highest BCUT2D eigenvalue weighted by atomic mass is 16.8. The van der Waals surface area contributed by atoms with Gasteiger partial charge < -0.3 is 28.9 Å². The molecule has 1 N–H and O–H groups in total. The van der Waals surface area contributed by atoms with Crippen LogP contribution in [0.1, 0.15) is 20.3 Å². The van der Waals surface area contributed by atoms with Crippen molar-refractivity contribution in [1.82, 2.24) is 0 Å². The molecule has 2 fully saturated rings. The SMILES string of the molecule is CO[C@]1(C)O[C@H]2[C@H](O)C[C@@H]3CON=C3[C@@H]2O[C@@]1(C)OC. The molecule has 20 heavy (non-hydrogen) atoms. The fourth-order valence-electron chi connectivity index (χ4n) is 3.08. The number of hydrogen-bond donors (Lipinski definition) is 1. The fourth-order valence-corrected chi connectivity index (χ4v) is 3.08. The molecule has 0 aromatic carbocycles. The van der Waals surface area contributed by atoms with Gasteiger partial charge in [-0.1, -0.05) is 5.16 Å². The summed E-state index contributed by atoms with van der Waals surface area (Å²) in [5.74, 6) is -2.14. The van der Waals surface area contributed by atoms with E-state index in [0.717, 1.165) is 5.71 Å². The number of fused-ring (bicyclic) bond motifs is 3. The molecule has 1 saturated heterocycles. The number of rotatable bonds is 2. The zero-order valence-electron chi connectivity index (χ0n) is 12.2. The van der Waals surface area contributed by atoms with Gasteiger partial charge in [0.2, 0.25) is 11.6 Å². The highest BCUT2D eigenvalue weighted by Gasteiger charge is 2.61. The highest BCUT2D eigenvalue weighted by molar-refractivity contribution is 5.93. The minimum atomic E-state index is -1.11. The Morgan fingerprint density at radius 1 is 1.20 bits per heavy atom. The van der Waals surface area contributed by atoms with Gasteiger partial charge in [-0.05, 0) is 20.3 Å². The lowest BCUT2D eigenvalue weighted by atomic mass is 9.80. The summed E-state index contributed by atoms with van der Waals surface area (Å²) < 4.78 is 23.0. The Hall–Kier alpha value is -0.730. The molecule has 2 heterocycles. The lowest BCUT2D eigenvalue weighted by Gasteiger charge is -2.54. The Morgan fingerprint density at radius 2 is 1.85 bits per heavy atom. The molecular weight excluding hydrogens is 266 g/mol. The van der Waals surface area contributed by atoms with E-state index in [2.05, 4.69) is 5.16 Å². The van der Waals surface area contributed by atoms with E-state index < -0.39 is 29.9 Å². The van der Waals surface area contributed by atoms with E-state index in [4.69, 9.17) is 23.8 Å². The number of oxime groups is 1. The molecular formula is C13H21NO6. The maximum absolute atomic E-state index is 10.3. The van der Waals surface area contributed by atoms with E-state index in [9.17, 15) is 5.11 Å². The fraction of sp³-hybridized carbons (Fsp3) is 0.923. The Kier molecular flexibility index (Phi) is 3.30. The quantitative estimate of drug-likeness (QED) is 0.785. The van der Waals surface area contributed by atoms with Gasteiger partial charge in [-0.3, -0.25) is 0 Å². The summed E-state index contributed by atoms with van der Waals surface area (Å²) in [6.45, 7) is 3.96. The van der Waals surface area contributed by atoms with E-state index in [1.165, 1.54) is 14.2 Å². The Labute approximate surface area is 117 Å². The molecule has 7 nitrogen and oxygen atoms in total. The molecule has 0 bridgehead atoms. The molecule has 0 aromatic heterocycles. The molecule has 0 radical (unpaired) electrons. The zero-order valence-corrected chi connectivity index (χ0v) is 12.2. The van der Waals surface area contributed by atoms with E-state index in [1.54, 1.807) is 13.8 Å². The van der Waals surface area contributed by atoms with E-state index >= 15 is 0 Å². The van der Waals surface area contributed by atoms with Crippen LogP contribution in [-0.4, -0.2) is 61.5 Å². The second-order valence-corrected chi connectivity index (χ2v) is 5.73. The number of aliphatic hydroxyl groups is 1. The van der Waals surface area contributed by atoms with Crippen molar-refractivity contribution in [2.45, 2.75) is 50.2 Å². The van der Waals surface area contributed by atoms with Crippen LogP contribution in [0, 0.1) is 5.92 Å². The Bertz CT molecular complexity index is 429. The molecule has 114 valence electrons. The molecule has 1 saturated carbocycles. The predicted octanol–water partition coefficient (Wildman–Crippen LogP) is 0.263. The van der Waals surface area contributed by atoms with Crippen LogP contribution in [0.15, 0.2) is 5.16 Å². The molecule has 1 aliphatic carbocycles. The second-order valence-electron chi connectivity index (χ2n) is 5.73. The molecule has 7 heteroatoms. The largest absolute Gasteiger partial charge is 0.395 e. The lowest BCUT2D eigenvalue weighted by molar-refractivity contribution is -0.447. The monoisotopic (exact) mass is 287 g/mol. The van der Waals surface area contributed by atoms with Crippen LogP contribution in [0.4, 0.5) is 0 Å². The summed E-state index contributed by atoms with van der Waals surface area (Å²) in [6, 6.07) is 0. The number of ether oxygens (including phenoxy) is 4. The summed E-state index contributed by atoms with van der Waals surface area (Å²) in [4.78, 5) is 5.14. The van der Waals surface area contributed by atoms with Crippen LogP contribution in [0.5, 0.6) is 0 Å².